The second-order valence-electron chi connectivity index (χ2n) is 6.86. The molecule has 1 amide bonds. The van der Waals surface area contributed by atoms with Gasteiger partial charge in [0.05, 0.1) is 40.8 Å². The summed E-state index contributed by atoms with van der Waals surface area (Å²) in [4.78, 5) is 21.4. The Hall–Kier alpha value is -2.72. The second kappa shape index (κ2) is 9.19. The summed E-state index contributed by atoms with van der Waals surface area (Å²) in [5.74, 6) is 1.98. The average molecular weight is 469 g/mol. The van der Waals surface area contributed by atoms with Crippen molar-refractivity contribution in [3.05, 3.63) is 36.3 Å². The number of hydrogen-bond acceptors (Lipinski definition) is 8. The van der Waals surface area contributed by atoms with Crippen LogP contribution >= 0.6 is 12.4 Å². The summed E-state index contributed by atoms with van der Waals surface area (Å²) in [6.45, 7) is 3.92. The van der Waals surface area contributed by atoms with E-state index in [1.807, 2.05) is 11.8 Å². The van der Waals surface area contributed by atoms with Crippen LogP contribution in [-0.4, -0.2) is 72.0 Å². The summed E-state index contributed by atoms with van der Waals surface area (Å²) >= 11 is 0. The third-order valence-corrected chi connectivity index (χ3v) is 7.49. The topological polar surface area (TPSA) is 96.9 Å². The van der Waals surface area contributed by atoms with Crippen molar-refractivity contribution in [3.63, 3.8) is 0 Å². The predicted molar refractivity (Wildman–Crippen MR) is 119 cm³/mol. The van der Waals surface area contributed by atoms with Crippen LogP contribution in [0.1, 0.15) is 17.5 Å². The van der Waals surface area contributed by atoms with Gasteiger partial charge in [-0.25, -0.2) is 9.20 Å². The van der Waals surface area contributed by atoms with Gasteiger partial charge >= 0.3 is 0 Å². The number of hydrogen-bond donors (Lipinski definition) is 0. The number of furan rings is 1. The molecule has 1 atom stereocenters. The maximum Gasteiger partial charge on any atom is 0.289 e. The minimum absolute atomic E-state index is 0. The van der Waals surface area contributed by atoms with Crippen LogP contribution in [0.3, 0.4) is 0 Å². The van der Waals surface area contributed by atoms with E-state index in [1.54, 1.807) is 36.3 Å². The molecule has 9 nitrogen and oxygen atoms in total. The second-order valence-corrected chi connectivity index (χ2v) is 9.34. The molecule has 1 fully saturated rings. The van der Waals surface area contributed by atoms with E-state index < -0.39 is 9.73 Å². The lowest BCUT2D eigenvalue weighted by Gasteiger charge is -2.35. The lowest BCUT2D eigenvalue weighted by Crippen LogP contribution is -2.50. The quantitative estimate of drug-likeness (QED) is 0.684. The van der Waals surface area contributed by atoms with Gasteiger partial charge in [-0.15, -0.1) is 12.4 Å². The van der Waals surface area contributed by atoms with Crippen LogP contribution in [0, 0.1) is 0 Å². The van der Waals surface area contributed by atoms with Crippen LogP contribution < -0.4 is 9.47 Å². The SMILES string of the molecule is CCS1(=O)=NC(N2CCN(C(=O)c3ccco3)CC2)=Nc2cc(OC)c(OC)cc21.Cl. The Morgan fingerprint density at radius 2 is 1.84 bits per heavy atom. The lowest BCUT2D eigenvalue weighted by molar-refractivity contribution is 0.0659. The smallest absolute Gasteiger partial charge is 0.289 e. The van der Waals surface area contributed by atoms with Crippen LogP contribution in [0.15, 0.2) is 49.2 Å². The van der Waals surface area contributed by atoms with Gasteiger partial charge in [0, 0.05) is 44.1 Å². The zero-order valence-electron chi connectivity index (χ0n) is 17.6. The molecule has 11 heteroatoms. The Labute approximate surface area is 187 Å². The number of rotatable bonds is 4. The van der Waals surface area contributed by atoms with Crippen molar-refractivity contribution >= 4 is 39.7 Å². The number of carbonyl (C=O) groups excluding carboxylic acids is 1. The van der Waals surface area contributed by atoms with Crippen LogP contribution in [0.4, 0.5) is 5.69 Å². The third-order valence-electron chi connectivity index (χ3n) is 5.23. The fourth-order valence-electron chi connectivity index (χ4n) is 3.52. The number of carbonyl (C=O) groups is 1. The first-order chi connectivity index (χ1) is 14.5. The summed E-state index contributed by atoms with van der Waals surface area (Å²) in [7, 11) is 0.401. The van der Waals surface area contributed by atoms with Crippen molar-refractivity contribution in [2.45, 2.75) is 11.8 Å². The molecule has 4 rings (SSSR count). The molecule has 0 bridgehead atoms. The summed E-state index contributed by atoms with van der Waals surface area (Å²) in [5.41, 5.74) is 0.568. The average Bonchev–Trinajstić information content (AvgIpc) is 3.32. The number of benzene rings is 1. The first-order valence-corrected chi connectivity index (χ1v) is 11.3. The normalized spacial score (nSPS) is 20.2. The Balaban J connectivity index is 0.00000272. The number of aliphatic imine (C=N–C) groups is 1. The van der Waals surface area contributed by atoms with E-state index in [-0.39, 0.29) is 18.3 Å². The van der Waals surface area contributed by atoms with Gasteiger partial charge in [-0.1, -0.05) is 6.92 Å². The predicted octanol–water partition coefficient (Wildman–Crippen LogP) is 3.02. The van der Waals surface area contributed by atoms with Crippen molar-refractivity contribution in [1.82, 2.24) is 9.80 Å². The van der Waals surface area contributed by atoms with E-state index in [0.29, 0.717) is 65.7 Å². The van der Waals surface area contributed by atoms with Crippen molar-refractivity contribution in [2.24, 2.45) is 9.36 Å². The molecule has 2 aliphatic rings. The van der Waals surface area contributed by atoms with E-state index in [0.717, 1.165) is 0 Å². The standard InChI is InChI=1S/C20H24N4O5S.ClH/c1-4-30(26)18-13-17(28-3)16(27-2)12-14(18)21-20(22-30)24-9-7-23(8-10-24)19(25)15-6-5-11-29-15;/h5-6,11-13H,4,7-10H2,1-3H3;1H. The molecular formula is C20H25ClN4O5S. The number of ether oxygens (including phenoxy) is 2. The van der Waals surface area contributed by atoms with E-state index in [4.69, 9.17) is 13.9 Å². The number of guanidine groups is 1. The number of fused-ring (bicyclic) bond motifs is 1. The first-order valence-electron chi connectivity index (χ1n) is 9.66. The molecule has 1 aromatic heterocycles. The van der Waals surface area contributed by atoms with Crippen molar-refractivity contribution in [1.29, 1.82) is 0 Å². The molecular weight excluding hydrogens is 444 g/mol. The van der Waals surface area contributed by atoms with Gasteiger partial charge in [-0.2, -0.15) is 4.36 Å². The molecule has 1 unspecified atom stereocenters. The van der Waals surface area contributed by atoms with Gasteiger partial charge in [0.15, 0.2) is 17.3 Å². The van der Waals surface area contributed by atoms with Crippen molar-refractivity contribution < 1.29 is 22.9 Å². The van der Waals surface area contributed by atoms with Gasteiger partial charge in [-0.3, -0.25) is 4.79 Å². The van der Waals surface area contributed by atoms with Gasteiger partial charge in [0.2, 0.25) is 5.96 Å². The molecule has 1 saturated heterocycles. The summed E-state index contributed by atoms with van der Waals surface area (Å²) < 4.78 is 34.1. The molecule has 0 N–H and O–H groups in total. The van der Waals surface area contributed by atoms with Crippen LogP contribution in [0.2, 0.25) is 0 Å². The summed E-state index contributed by atoms with van der Waals surface area (Å²) in [6.07, 6.45) is 1.49. The molecule has 0 spiro atoms. The number of piperazine rings is 1. The van der Waals surface area contributed by atoms with E-state index in [2.05, 4.69) is 9.36 Å². The summed E-state index contributed by atoms with van der Waals surface area (Å²) in [5, 5.41) is 0. The van der Waals surface area contributed by atoms with Gasteiger partial charge in [0.25, 0.3) is 5.91 Å². The molecule has 3 heterocycles. The van der Waals surface area contributed by atoms with Gasteiger partial charge in [0.1, 0.15) is 0 Å². The highest BCUT2D eigenvalue weighted by molar-refractivity contribution is 7.94. The van der Waals surface area contributed by atoms with Crippen LogP contribution in [-0.2, 0) is 9.73 Å². The minimum Gasteiger partial charge on any atom is -0.493 e. The van der Waals surface area contributed by atoms with Gasteiger partial charge in [-0.05, 0) is 12.1 Å². The molecule has 1 aromatic carbocycles. The largest absolute Gasteiger partial charge is 0.493 e. The number of halogens is 1. The van der Waals surface area contributed by atoms with Crippen molar-refractivity contribution in [3.8, 4) is 11.5 Å². The number of methoxy groups -OCH3 is 2. The Kier molecular flexibility index (Phi) is 6.80. The van der Waals surface area contributed by atoms with E-state index in [1.165, 1.54) is 13.4 Å². The lowest BCUT2D eigenvalue weighted by atomic mass is 10.2. The Bertz CT molecular complexity index is 1100. The zero-order valence-corrected chi connectivity index (χ0v) is 19.2. The van der Waals surface area contributed by atoms with Crippen molar-refractivity contribution in [2.75, 3.05) is 46.2 Å². The van der Waals surface area contributed by atoms with E-state index >= 15 is 0 Å². The zero-order chi connectivity index (χ0) is 21.3. The molecule has 0 saturated carbocycles. The molecule has 2 aliphatic heterocycles. The van der Waals surface area contributed by atoms with Crippen LogP contribution in [0.25, 0.3) is 0 Å². The Morgan fingerprint density at radius 1 is 1.16 bits per heavy atom. The van der Waals surface area contributed by atoms with E-state index in [9.17, 15) is 9.00 Å². The monoisotopic (exact) mass is 468 g/mol. The molecule has 168 valence electrons. The van der Waals surface area contributed by atoms with Gasteiger partial charge < -0.3 is 23.7 Å². The highest BCUT2D eigenvalue weighted by Gasteiger charge is 2.30. The minimum atomic E-state index is -2.69. The molecule has 31 heavy (non-hydrogen) atoms. The first kappa shape index (κ1) is 23.0. The fraction of sp³-hybridized carbons (Fsp3) is 0.400. The molecule has 0 radical (unpaired) electrons. The van der Waals surface area contributed by atoms with Crippen LogP contribution in [0.5, 0.6) is 11.5 Å². The maximum absolute atomic E-state index is 13.6. The molecule has 2 aromatic rings. The highest BCUT2D eigenvalue weighted by atomic mass is 35.5. The fourth-order valence-corrected chi connectivity index (χ4v) is 5.20. The highest BCUT2D eigenvalue weighted by Crippen LogP contribution is 2.40. The number of amides is 1. The Morgan fingerprint density at radius 3 is 2.42 bits per heavy atom. The summed E-state index contributed by atoms with van der Waals surface area (Å²) in [6, 6.07) is 6.78. The molecule has 0 aliphatic carbocycles. The number of nitrogens with zero attached hydrogens (tertiary/aromatic N) is 4. The maximum atomic E-state index is 13.6. The third kappa shape index (κ3) is 4.22.